The number of aromatic carboxylic acids is 1. The molecule has 3 heteroatoms. The molecule has 1 N–H and O–H groups in total. The van der Waals surface area contributed by atoms with Gasteiger partial charge < -0.3 is 0 Å². The van der Waals surface area contributed by atoms with Gasteiger partial charge in [-0.1, -0.05) is 0 Å². The molecule has 2 rings (SSSR count). The quantitative estimate of drug-likeness (QED) is 0.800. The molecule has 0 saturated carbocycles. The molecule has 0 fully saturated rings. The van der Waals surface area contributed by atoms with Gasteiger partial charge in [-0.05, 0) is 0 Å². The zero-order valence-corrected chi connectivity index (χ0v) is 14.0. The van der Waals surface area contributed by atoms with Crippen LogP contribution in [0.1, 0.15) is 36.7 Å². The van der Waals surface area contributed by atoms with E-state index in [2.05, 4.69) is 45.0 Å². The van der Waals surface area contributed by atoms with Crippen molar-refractivity contribution in [3.05, 3.63) is 66.8 Å². The first-order chi connectivity index (χ1) is 9.38. The van der Waals surface area contributed by atoms with E-state index in [1.165, 1.54) is 9.13 Å². The third-order valence-electron chi connectivity index (χ3n) is 3.03. The predicted molar refractivity (Wildman–Crippen MR) is 75.9 cm³/mol. The number of rotatable bonds is 3. The third kappa shape index (κ3) is 3.60. The molecular formula is C17H18IO2-. The van der Waals surface area contributed by atoms with Crippen LogP contribution in [0.4, 0.5) is 0 Å². The summed E-state index contributed by atoms with van der Waals surface area (Å²) < 4.78 is 2.20. The van der Waals surface area contributed by atoms with E-state index in [1.807, 2.05) is 12.1 Å². The summed E-state index contributed by atoms with van der Waals surface area (Å²) in [6.07, 6.45) is 0. The van der Waals surface area contributed by atoms with E-state index in [0.717, 1.165) is 3.57 Å². The number of carboxylic acids is 1. The van der Waals surface area contributed by atoms with Crippen molar-refractivity contribution in [2.24, 2.45) is 0 Å². The maximum absolute atomic E-state index is 11.2. The van der Waals surface area contributed by atoms with Crippen molar-refractivity contribution >= 4 is 5.97 Å². The summed E-state index contributed by atoms with van der Waals surface area (Å²) in [5.74, 6) is -0.841. The van der Waals surface area contributed by atoms with E-state index in [9.17, 15) is 9.90 Å². The second-order valence-corrected chi connectivity index (χ2v) is 8.58. The van der Waals surface area contributed by atoms with Crippen LogP contribution in [0.25, 0.3) is 0 Å². The van der Waals surface area contributed by atoms with Crippen LogP contribution >= 0.6 is 0 Å². The van der Waals surface area contributed by atoms with Crippen LogP contribution < -0.4 is 21.2 Å². The van der Waals surface area contributed by atoms with Gasteiger partial charge in [-0.3, -0.25) is 0 Å². The molecule has 2 aromatic carbocycles. The van der Waals surface area contributed by atoms with Gasteiger partial charge in [0.25, 0.3) is 0 Å². The fraction of sp³-hybridized carbons (Fsp3) is 0.235. The molecule has 0 atom stereocenters. The fourth-order valence-electron chi connectivity index (χ4n) is 1.85. The predicted octanol–water partition coefficient (Wildman–Crippen LogP) is 0.811. The average Bonchev–Trinajstić information content (AvgIpc) is 2.38. The van der Waals surface area contributed by atoms with E-state index in [-0.39, 0.29) is 5.41 Å². The summed E-state index contributed by atoms with van der Waals surface area (Å²) in [7, 11) is 0. The Balaban J connectivity index is 2.25. The fourth-order valence-corrected chi connectivity index (χ4v) is 4.33. The minimum absolute atomic E-state index is 0.149. The normalized spacial score (nSPS) is 11.6. The van der Waals surface area contributed by atoms with Crippen molar-refractivity contribution in [3.8, 4) is 0 Å². The summed E-state index contributed by atoms with van der Waals surface area (Å²) in [5.41, 5.74) is 1.88. The number of carbonyl (C=O) groups is 1. The van der Waals surface area contributed by atoms with Gasteiger partial charge in [0, 0.05) is 0 Å². The molecule has 0 spiro atoms. The van der Waals surface area contributed by atoms with Gasteiger partial charge in [-0.25, -0.2) is 0 Å². The number of hydrogen-bond acceptors (Lipinski definition) is 1. The van der Waals surface area contributed by atoms with Gasteiger partial charge in [0.05, 0.1) is 0 Å². The van der Waals surface area contributed by atoms with Crippen LogP contribution in [-0.4, -0.2) is 11.1 Å². The number of hydrogen-bond donors (Lipinski definition) is 1. The zero-order chi connectivity index (χ0) is 14.8. The SMILES string of the molecule is CC(C)(C)c1ccc([I-]c2ccccc2C(=O)O)cc1. The van der Waals surface area contributed by atoms with Crippen LogP contribution in [0.3, 0.4) is 0 Å². The van der Waals surface area contributed by atoms with Crippen LogP contribution in [0.15, 0.2) is 48.5 Å². The summed E-state index contributed by atoms with van der Waals surface area (Å²) in [6.45, 7) is 6.57. The molecule has 106 valence electrons. The number of carboxylic acid groups (broad SMARTS) is 1. The van der Waals surface area contributed by atoms with Crippen molar-refractivity contribution in [2.75, 3.05) is 0 Å². The van der Waals surface area contributed by atoms with Crippen LogP contribution in [0.5, 0.6) is 0 Å². The first-order valence-electron chi connectivity index (χ1n) is 6.45. The van der Waals surface area contributed by atoms with E-state index in [0.29, 0.717) is 5.56 Å². The second-order valence-electron chi connectivity index (χ2n) is 5.64. The Morgan fingerprint density at radius 1 is 1.00 bits per heavy atom. The molecule has 0 bridgehead atoms. The van der Waals surface area contributed by atoms with E-state index in [1.54, 1.807) is 12.1 Å². The Hall–Kier alpha value is -1.36. The van der Waals surface area contributed by atoms with E-state index < -0.39 is 27.2 Å². The molecule has 0 aromatic heterocycles. The monoisotopic (exact) mass is 381 g/mol. The summed E-state index contributed by atoms with van der Waals surface area (Å²) in [5, 5.41) is 9.21. The minimum atomic E-state index is -0.841. The Kier molecular flexibility index (Phi) is 4.48. The average molecular weight is 381 g/mol. The molecular weight excluding hydrogens is 363 g/mol. The van der Waals surface area contributed by atoms with Crippen LogP contribution in [-0.2, 0) is 5.41 Å². The molecule has 0 aliphatic carbocycles. The number of halogens is 1. The molecule has 2 nitrogen and oxygen atoms in total. The molecule has 20 heavy (non-hydrogen) atoms. The molecule has 0 unspecified atom stereocenters. The van der Waals surface area contributed by atoms with Gasteiger partial charge in [-0.2, -0.15) is 0 Å². The van der Waals surface area contributed by atoms with Crippen molar-refractivity contribution in [2.45, 2.75) is 26.2 Å². The zero-order valence-electron chi connectivity index (χ0n) is 11.9. The van der Waals surface area contributed by atoms with E-state index in [4.69, 9.17) is 0 Å². The standard InChI is InChI=1S/C17H18IO2/c1-17(2,3)12-8-10-13(11-9-12)18-15-7-5-4-6-14(15)16(19)20/h4-11H,1-3H3,(H,19,20)/q-1. The first kappa shape index (κ1) is 15.0. The Bertz CT molecular complexity index is 610. The van der Waals surface area contributed by atoms with Crippen LogP contribution in [0.2, 0.25) is 0 Å². The van der Waals surface area contributed by atoms with Gasteiger partial charge in [-0.15, -0.1) is 0 Å². The first-order valence-corrected chi connectivity index (χ1v) is 8.61. The molecule has 0 amide bonds. The topological polar surface area (TPSA) is 37.3 Å². The summed E-state index contributed by atoms with van der Waals surface area (Å²) in [4.78, 5) is 11.2. The summed E-state index contributed by atoms with van der Waals surface area (Å²) in [6, 6.07) is 15.9. The van der Waals surface area contributed by atoms with Crippen LogP contribution in [0, 0.1) is 7.14 Å². The van der Waals surface area contributed by atoms with Gasteiger partial charge >= 0.3 is 130 Å². The van der Waals surface area contributed by atoms with Gasteiger partial charge in [0.15, 0.2) is 0 Å². The maximum atomic E-state index is 11.2. The van der Waals surface area contributed by atoms with Crippen molar-refractivity contribution in [1.29, 1.82) is 0 Å². The molecule has 0 heterocycles. The van der Waals surface area contributed by atoms with Crippen molar-refractivity contribution < 1.29 is 31.1 Å². The Labute approximate surface area is 130 Å². The molecule has 0 radical (unpaired) electrons. The molecule has 2 aromatic rings. The second kappa shape index (κ2) is 5.95. The molecule has 0 aliphatic rings. The van der Waals surface area contributed by atoms with Gasteiger partial charge in [0.1, 0.15) is 0 Å². The van der Waals surface area contributed by atoms with Crippen molar-refractivity contribution in [1.82, 2.24) is 0 Å². The molecule has 0 saturated heterocycles. The summed E-state index contributed by atoms with van der Waals surface area (Å²) >= 11 is -0.457. The number of benzene rings is 2. The van der Waals surface area contributed by atoms with Crippen molar-refractivity contribution in [3.63, 3.8) is 0 Å². The Morgan fingerprint density at radius 2 is 1.60 bits per heavy atom. The molecule has 0 aliphatic heterocycles. The van der Waals surface area contributed by atoms with Gasteiger partial charge in [0.2, 0.25) is 0 Å². The Morgan fingerprint density at radius 3 is 2.15 bits per heavy atom. The van der Waals surface area contributed by atoms with E-state index >= 15 is 0 Å². The third-order valence-corrected chi connectivity index (χ3v) is 5.89.